The average molecular weight is 276 g/mol. The summed E-state index contributed by atoms with van der Waals surface area (Å²) in [5.41, 5.74) is 0.176. The fourth-order valence-corrected chi connectivity index (χ4v) is 3.40. The summed E-state index contributed by atoms with van der Waals surface area (Å²) in [6.07, 6.45) is 5.58. The van der Waals surface area contributed by atoms with E-state index in [-0.39, 0.29) is 16.7 Å². The number of aromatic amines is 2. The zero-order valence-electron chi connectivity index (χ0n) is 12.0. The van der Waals surface area contributed by atoms with Crippen LogP contribution in [0.2, 0.25) is 0 Å². The number of nitrogens with zero attached hydrogens (tertiary/aromatic N) is 2. The molecule has 2 heterocycles. The van der Waals surface area contributed by atoms with E-state index in [2.05, 4.69) is 21.9 Å². The van der Waals surface area contributed by atoms with Crippen LogP contribution in [0.25, 0.3) is 11.2 Å². The Morgan fingerprint density at radius 1 is 1.20 bits per heavy atom. The van der Waals surface area contributed by atoms with Crippen LogP contribution < -0.4 is 11.2 Å². The third-order valence-electron chi connectivity index (χ3n) is 4.69. The Hall–Kier alpha value is -1.85. The molecular formula is C14H20N4O2. The molecular weight excluding hydrogens is 256 g/mol. The summed E-state index contributed by atoms with van der Waals surface area (Å²) in [6.45, 7) is 4.53. The maximum atomic E-state index is 11.9. The molecule has 0 amide bonds. The van der Waals surface area contributed by atoms with Crippen molar-refractivity contribution >= 4 is 11.2 Å². The molecule has 1 aliphatic carbocycles. The van der Waals surface area contributed by atoms with Gasteiger partial charge in [0, 0.05) is 12.0 Å². The quantitative estimate of drug-likeness (QED) is 0.894. The van der Waals surface area contributed by atoms with Gasteiger partial charge in [0.2, 0.25) is 0 Å². The van der Waals surface area contributed by atoms with E-state index in [1.165, 1.54) is 17.4 Å². The first-order valence-electron chi connectivity index (χ1n) is 7.34. The Labute approximate surface area is 116 Å². The number of imidazole rings is 1. The highest BCUT2D eigenvalue weighted by Gasteiger charge is 2.37. The lowest BCUT2D eigenvalue weighted by Gasteiger charge is -2.24. The topological polar surface area (TPSA) is 83.5 Å². The van der Waals surface area contributed by atoms with Gasteiger partial charge in [0.05, 0.1) is 0 Å². The highest BCUT2D eigenvalue weighted by molar-refractivity contribution is 5.70. The van der Waals surface area contributed by atoms with Crippen molar-refractivity contribution in [3.8, 4) is 0 Å². The molecule has 0 unspecified atom stereocenters. The summed E-state index contributed by atoms with van der Waals surface area (Å²) in [7, 11) is 0. The van der Waals surface area contributed by atoms with E-state index in [9.17, 15) is 9.59 Å². The molecule has 0 spiro atoms. The summed E-state index contributed by atoms with van der Waals surface area (Å²) < 4.78 is 1.51. The summed E-state index contributed by atoms with van der Waals surface area (Å²) in [6, 6.07) is 0. The molecule has 0 bridgehead atoms. The predicted molar refractivity (Wildman–Crippen MR) is 77.1 cm³/mol. The molecule has 3 rings (SSSR count). The van der Waals surface area contributed by atoms with E-state index >= 15 is 0 Å². The molecule has 20 heavy (non-hydrogen) atoms. The van der Waals surface area contributed by atoms with Crippen molar-refractivity contribution in [2.45, 2.75) is 57.9 Å². The van der Waals surface area contributed by atoms with Crippen molar-refractivity contribution in [2.75, 3.05) is 0 Å². The van der Waals surface area contributed by atoms with Crippen molar-refractivity contribution in [2.24, 2.45) is 0 Å². The average Bonchev–Trinajstić information content (AvgIpc) is 3.06. The summed E-state index contributed by atoms with van der Waals surface area (Å²) >= 11 is 0. The van der Waals surface area contributed by atoms with Gasteiger partial charge in [0.1, 0.15) is 11.3 Å². The van der Waals surface area contributed by atoms with Gasteiger partial charge < -0.3 is 4.98 Å². The van der Waals surface area contributed by atoms with Crippen molar-refractivity contribution in [1.29, 1.82) is 0 Å². The van der Waals surface area contributed by atoms with Crippen LogP contribution in [-0.2, 0) is 12.0 Å². The van der Waals surface area contributed by atoms with E-state index in [0.29, 0.717) is 17.7 Å². The van der Waals surface area contributed by atoms with E-state index in [0.717, 1.165) is 25.1 Å². The van der Waals surface area contributed by atoms with Gasteiger partial charge in [0.15, 0.2) is 5.65 Å². The molecule has 1 saturated carbocycles. The first-order valence-corrected chi connectivity index (χ1v) is 7.34. The minimum absolute atomic E-state index is 0.0417. The van der Waals surface area contributed by atoms with Crippen molar-refractivity contribution in [1.82, 2.24) is 19.5 Å². The molecule has 6 nitrogen and oxygen atoms in total. The number of aryl methyl sites for hydroxylation is 1. The third kappa shape index (κ3) is 1.74. The monoisotopic (exact) mass is 276 g/mol. The van der Waals surface area contributed by atoms with Crippen LogP contribution in [-0.4, -0.2) is 19.5 Å². The SMILES string of the molecule is CCn1c(=O)[nH]c(=O)c2[nH]c(C3(CC)CCCC3)nc21. The van der Waals surface area contributed by atoms with Gasteiger partial charge in [-0.2, -0.15) is 0 Å². The smallest absolute Gasteiger partial charge is 0.330 e. The molecule has 1 fully saturated rings. The lowest BCUT2D eigenvalue weighted by molar-refractivity contribution is 0.403. The van der Waals surface area contributed by atoms with E-state index in [1.807, 2.05) is 6.92 Å². The molecule has 0 saturated heterocycles. The zero-order chi connectivity index (χ0) is 14.3. The first-order chi connectivity index (χ1) is 9.61. The number of aromatic nitrogens is 4. The molecule has 6 heteroatoms. The Balaban J connectivity index is 2.28. The largest absolute Gasteiger partial charge is 0.336 e. The first kappa shape index (κ1) is 13.1. The second-order valence-corrected chi connectivity index (χ2v) is 5.63. The third-order valence-corrected chi connectivity index (χ3v) is 4.69. The van der Waals surface area contributed by atoms with Crippen LogP contribution in [0, 0.1) is 0 Å². The van der Waals surface area contributed by atoms with Crippen LogP contribution >= 0.6 is 0 Å². The van der Waals surface area contributed by atoms with Gasteiger partial charge in [0.25, 0.3) is 5.56 Å². The fraction of sp³-hybridized carbons (Fsp3) is 0.643. The Bertz CT molecular complexity index is 747. The van der Waals surface area contributed by atoms with Gasteiger partial charge >= 0.3 is 5.69 Å². The molecule has 0 atom stereocenters. The maximum absolute atomic E-state index is 11.9. The minimum atomic E-state index is -0.389. The molecule has 1 aliphatic rings. The summed E-state index contributed by atoms with van der Waals surface area (Å²) in [5, 5.41) is 0. The zero-order valence-corrected chi connectivity index (χ0v) is 12.0. The number of fused-ring (bicyclic) bond motifs is 1. The number of hydrogen-bond donors (Lipinski definition) is 2. The molecule has 2 aromatic rings. The maximum Gasteiger partial charge on any atom is 0.330 e. The Morgan fingerprint density at radius 2 is 1.90 bits per heavy atom. The van der Waals surface area contributed by atoms with Gasteiger partial charge in [-0.3, -0.25) is 14.3 Å². The van der Waals surface area contributed by atoms with E-state index in [4.69, 9.17) is 0 Å². The second kappa shape index (κ2) is 4.61. The number of H-pyrrole nitrogens is 2. The van der Waals surface area contributed by atoms with Crippen LogP contribution in [0.1, 0.15) is 51.8 Å². The standard InChI is InChI=1S/C14H20N4O2/c1-3-14(7-5-6-8-14)12-15-9-10(16-12)18(4-2)13(20)17-11(9)19/h3-8H2,1-2H3,(H,15,16)(H,17,19,20). The van der Waals surface area contributed by atoms with Crippen molar-refractivity contribution in [3.63, 3.8) is 0 Å². The molecule has 0 radical (unpaired) electrons. The van der Waals surface area contributed by atoms with Gasteiger partial charge in [-0.25, -0.2) is 9.78 Å². The highest BCUT2D eigenvalue weighted by Crippen LogP contribution is 2.42. The normalized spacial score (nSPS) is 17.9. The predicted octanol–water partition coefficient (Wildman–Crippen LogP) is 1.65. The molecule has 2 aromatic heterocycles. The van der Waals surface area contributed by atoms with Gasteiger partial charge in [-0.1, -0.05) is 19.8 Å². The molecule has 108 valence electrons. The van der Waals surface area contributed by atoms with Crippen LogP contribution in [0.3, 0.4) is 0 Å². The highest BCUT2D eigenvalue weighted by atomic mass is 16.2. The molecule has 2 N–H and O–H groups in total. The van der Waals surface area contributed by atoms with Crippen LogP contribution in [0.4, 0.5) is 0 Å². The second-order valence-electron chi connectivity index (χ2n) is 5.63. The number of rotatable bonds is 3. The Morgan fingerprint density at radius 3 is 2.50 bits per heavy atom. The fourth-order valence-electron chi connectivity index (χ4n) is 3.40. The Kier molecular flexibility index (Phi) is 3.03. The molecule has 0 aromatic carbocycles. The summed E-state index contributed by atoms with van der Waals surface area (Å²) in [5.74, 6) is 0.866. The molecule has 0 aliphatic heterocycles. The van der Waals surface area contributed by atoms with Crippen LogP contribution in [0.5, 0.6) is 0 Å². The van der Waals surface area contributed by atoms with Crippen LogP contribution in [0.15, 0.2) is 9.59 Å². The van der Waals surface area contributed by atoms with Crippen molar-refractivity contribution in [3.05, 3.63) is 26.7 Å². The van der Waals surface area contributed by atoms with E-state index < -0.39 is 0 Å². The number of nitrogens with one attached hydrogen (secondary N) is 2. The number of hydrogen-bond acceptors (Lipinski definition) is 3. The lowest BCUT2D eigenvalue weighted by Crippen LogP contribution is -2.29. The minimum Gasteiger partial charge on any atom is -0.336 e. The van der Waals surface area contributed by atoms with Gasteiger partial charge in [-0.15, -0.1) is 0 Å². The van der Waals surface area contributed by atoms with E-state index in [1.54, 1.807) is 0 Å². The van der Waals surface area contributed by atoms with Gasteiger partial charge in [-0.05, 0) is 26.2 Å². The lowest BCUT2D eigenvalue weighted by atomic mass is 9.83. The van der Waals surface area contributed by atoms with Crippen molar-refractivity contribution < 1.29 is 0 Å². The summed E-state index contributed by atoms with van der Waals surface area (Å²) in [4.78, 5) is 33.9.